The van der Waals surface area contributed by atoms with Gasteiger partial charge < -0.3 is 11.1 Å². The highest BCUT2D eigenvalue weighted by Gasteiger charge is 2.22. The molecule has 1 aromatic carbocycles. The van der Waals surface area contributed by atoms with Crippen LogP contribution in [0.1, 0.15) is 36.0 Å². The van der Waals surface area contributed by atoms with E-state index in [1.807, 2.05) is 20.8 Å². The van der Waals surface area contributed by atoms with E-state index in [1.54, 1.807) is 12.1 Å². The molecule has 21 heavy (non-hydrogen) atoms. The number of aromatic nitrogens is 1. The van der Waals surface area contributed by atoms with Gasteiger partial charge in [0, 0.05) is 16.1 Å². The van der Waals surface area contributed by atoms with E-state index in [-0.39, 0.29) is 17.1 Å². The molecule has 0 bridgehead atoms. The SMILES string of the molecule is CC(C)(C)Nc1nc(N)c(C(=O)c2ccc(Cl)cc2Cl)s1. The fourth-order valence-corrected chi connectivity index (χ4v) is 3.21. The van der Waals surface area contributed by atoms with Crippen LogP contribution in [0.25, 0.3) is 0 Å². The van der Waals surface area contributed by atoms with Crippen molar-refractivity contribution in [3.63, 3.8) is 0 Å². The summed E-state index contributed by atoms with van der Waals surface area (Å²) in [4.78, 5) is 17.1. The Labute approximate surface area is 137 Å². The number of anilines is 2. The number of thiazole rings is 1. The highest BCUT2D eigenvalue weighted by atomic mass is 35.5. The van der Waals surface area contributed by atoms with E-state index >= 15 is 0 Å². The van der Waals surface area contributed by atoms with Crippen LogP contribution in [0.5, 0.6) is 0 Å². The number of hydrogen-bond donors (Lipinski definition) is 2. The molecule has 0 fully saturated rings. The molecule has 2 aromatic rings. The summed E-state index contributed by atoms with van der Waals surface area (Å²) in [5.41, 5.74) is 6.04. The predicted octanol–water partition coefficient (Wildman–Crippen LogP) is 4.47. The zero-order valence-corrected chi connectivity index (χ0v) is 14.2. The Bertz CT molecular complexity index is 692. The minimum absolute atomic E-state index is 0.164. The van der Waals surface area contributed by atoms with Gasteiger partial charge in [-0.05, 0) is 39.0 Å². The summed E-state index contributed by atoms with van der Waals surface area (Å²) in [6.45, 7) is 6.01. The molecular weight excluding hydrogens is 329 g/mol. The van der Waals surface area contributed by atoms with Gasteiger partial charge in [0.2, 0.25) is 5.78 Å². The quantitative estimate of drug-likeness (QED) is 0.806. The highest BCUT2D eigenvalue weighted by Crippen LogP contribution is 2.31. The van der Waals surface area contributed by atoms with Crippen LogP contribution in [0.15, 0.2) is 18.2 Å². The lowest BCUT2D eigenvalue weighted by molar-refractivity contribution is 0.104. The molecule has 112 valence electrons. The van der Waals surface area contributed by atoms with Crippen molar-refractivity contribution >= 4 is 51.3 Å². The van der Waals surface area contributed by atoms with Crippen LogP contribution in [0, 0.1) is 0 Å². The third-order valence-electron chi connectivity index (χ3n) is 2.52. The number of nitrogen functional groups attached to an aromatic ring is 1. The number of carbonyl (C=O) groups excluding carboxylic acids is 1. The zero-order valence-electron chi connectivity index (χ0n) is 11.8. The third-order valence-corrected chi connectivity index (χ3v) is 4.05. The molecular formula is C14H15Cl2N3OS. The van der Waals surface area contributed by atoms with Gasteiger partial charge in [0.05, 0.1) is 5.02 Å². The topological polar surface area (TPSA) is 68.0 Å². The summed E-state index contributed by atoms with van der Waals surface area (Å²) in [5.74, 6) is -0.0589. The van der Waals surface area contributed by atoms with Crippen LogP contribution >= 0.6 is 34.5 Å². The molecule has 0 aliphatic heterocycles. The molecule has 0 amide bonds. The second-order valence-corrected chi connectivity index (χ2v) is 7.40. The molecule has 0 radical (unpaired) electrons. The van der Waals surface area contributed by atoms with Gasteiger partial charge in [0.25, 0.3) is 0 Å². The predicted molar refractivity (Wildman–Crippen MR) is 89.8 cm³/mol. The normalized spacial score (nSPS) is 11.5. The molecule has 0 saturated heterocycles. The van der Waals surface area contributed by atoms with Gasteiger partial charge in [0.15, 0.2) is 5.13 Å². The number of carbonyl (C=O) groups is 1. The van der Waals surface area contributed by atoms with Gasteiger partial charge >= 0.3 is 0 Å². The maximum absolute atomic E-state index is 12.5. The van der Waals surface area contributed by atoms with E-state index in [0.717, 1.165) is 0 Å². The lowest BCUT2D eigenvalue weighted by atomic mass is 10.1. The Morgan fingerprint density at radius 2 is 2.00 bits per heavy atom. The number of nitrogens with two attached hydrogens (primary N) is 1. The summed E-state index contributed by atoms with van der Waals surface area (Å²) in [6.07, 6.45) is 0. The molecule has 1 aromatic heterocycles. The molecule has 0 atom stereocenters. The van der Waals surface area contributed by atoms with Gasteiger partial charge in [-0.1, -0.05) is 34.5 Å². The average molecular weight is 344 g/mol. The summed E-state index contributed by atoms with van der Waals surface area (Å²) in [7, 11) is 0. The lowest BCUT2D eigenvalue weighted by Gasteiger charge is -2.19. The van der Waals surface area contributed by atoms with Gasteiger partial charge in [-0.25, -0.2) is 4.98 Å². The van der Waals surface area contributed by atoms with E-state index in [2.05, 4.69) is 10.3 Å². The van der Waals surface area contributed by atoms with Crippen molar-refractivity contribution in [2.75, 3.05) is 11.1 Å². The third kappa shape index (κ3) is 3.87. The number of hydrogen-bond acceptors (Lipinski definition) is 5. The molecule has 0 aliphatic carbocycles. The Kier molecular flexibility index (Phi) is 4.46. The lowest BCUT2D eigenvalue weighted by Crippen LogP contribution is -2.25. The number of halogens is 2. The molecule has 0 saturated carbocycles. The summed E-state index contributed by atoms with van der Waals surface area (Å²) < 4.78 is 0. The fourth-order valence-electron chi connectivity index (χ4n) is 1.66. The molecule has 0 spiro atoms. The highest BCUT2D eigenvalue weighted by molar-refractivity contribution is 7.18. The van der Waals surface area contributed by atoms with Gasteiger partial charge in [-0.2, -0.15) is 0 Å². The first-order chi connectivity index (χ1) is 9.67. The minimum atomic E-state index is -0.256. The van der Waals surface area contributed by atoms with Crippen LogP contribution in [-0.2, 0) is 0 Å². The largest absolute Gasteiger partial charge is 0.382 e. The van der Waals surface area contributed by atoms with Gasteiger partial charge in [-0.15, -0.1) is 0 Å². The van der Waals surface area contributed by atoms with E-state index in [9.17, 15) is 4.79 Å². The Hall–Kier alpha value is -1.30. The van der Waals surface area contributed by atoms with E-state index in [1.165, 1.54) is 17.4 Å². The minimum Gasteiger partial charge on any atom is -0.382 e. The monoisotopic (exact) mass is 343 g/mol. The van der Waals surface area contributed by atoms with Crippen molar-refractivity contribution in [1.29, 1.82) is 0 Å². The van der Waals surface area contributed by atoms with Crippen molar-refractivity contribution in [2.24, 2.45) is 0 Å². The smallest absolute Gasteiger partial charge is 0.208 e. The molecule has 7 heteroatoms. The molecule has 4 nitrogen and oxygen atoms in total. The van der Waals surface area contributed by atoms with E-state index < -0.39 is 0 Å². The molecule has 3 N–H and O–H groups in total. The number of nitrogens with one attached hydrogen (secondary N) is 1. The molecule has 0 unspecified atom stereocenters. The summed E-state index contributed by atoms with van der Waals surface area (Å²) in [5, 5.41) is 4.57. The first kappa shape index (κ1) is 16.1. The zero-order chi connectivity index (χ0) is 15.8. The molecule has 1 heterocycles. The van der Waals surface area contributed by atoms with Gasteiger partial charge in [0.1, 0.15) is 10.7 Å². The van der Waals surface area contributed by atoms with Crippen molar-refractivity contribution < 1.29 is 4.79 Å². The maximum atomic E-state index is 12.5. The Balaban J connectivity index is 2.35. The van der Waals surface area contributed by atoms with E-state index in [4.69, 9.17) is 28.9 Å². The average Bonchev–Trinajstić information content (AvgIpc) is 2.66. The molecule has 0 aliphatic rings. The standard InChI is InChI=1S/C14H15Cl2N3OS/c1-14(2,3)19-13-18-12(17)11(21-13)10(20)8-5-4-7(15)6-9(8)16/h4-6H,17H2,1-3H3,(H,18,19). The van der Waals surface area contributed by atoms with Crippen LogP contribution in [-0.4, -0.2) is 16.3 Å². The van der Waals surface area contributed by atoms with Crippen molar-refractivity contribution in [2.45, 2.75) is 26.3 Å². The summed E-state index contributed by atoms with van der Waals surface area (Å²) >= 11 is 13.1. The van der Waals surface area contributed by atoms with Crippen LogP contribution in [0.4, 0.5) is 10.9 Å². The maximum Gasteiger partial charge on any atom is 0.208 e. The second kappa shape index (κ2) is 5.83. The van der Waals surface area contributed by atoms with Crippen molar-refractivity contribution in [3.05, 3.63) is 38.7 Å². The van der Waals surface area contributed by atoms with Gasteiger partial charge in [-0.3, -0.25) is 4.79 Å². The summed E-state index contributed by atoms with van der Waals surface area (Å²) in [6, 6.07) is 4.73. The molecule has 2 rings (SSSR count). The Morgan fingerprint density at radius 3 is 2.57 bits per heavy atom. The van der Waals surface area contributed by atoms with E-state index in [0.29, 0.717) is 25.6 Å². The van der Waals surface area contributed by atoms with Crippen LogP contribution in [0.2, 0.25) is 10.0 Å². The Morgan fingerprint density at radius 1 is 1.33 bits per heavy atom. The van der Waals surface area contributed by atoms with Crippen LogP contribution < -0.4 is 11.1 Å². The number of rotatable bonds is 3. The van der Waals surface area contributed by atoms with Crippen molar-refractivity contribution in [1.82, 2.24) is 4.98 Å². The second-order valence-electron chi connectivity index (χ2n) is 5.56. The van der Waals surface area contributed by atoms with Crippen molar-refractivity contribution in [3.8, 4) is 0 Å². The number of benzene rings is 1. The number of nitrogens with zero attached hydrogens (tertiary/aromatic N) is 1. The van der Waals surface area contributed by atoms with Crippen LogP contribution in [0.3, 0.4) is 0 Å². The first-order valence-corrected chi connectivity index (χ1v) is 7.79. The fraction of sp³-hybridized carbons (Fsp3) is 0.286. The first-order valence-electron chi connectivity index (χ1n) is 6.21. The number of ketones is 1.